The Hall–Kier alpha value is -1.67. The molecule has 0 aromatic rings. The summed E-state index contributed by atoms with van der Waals surface area (Å²) < 4.78 is 0. The maximum absolute atomic E-state index is 9.77. The second-order valence-electron chi connectivity index (χ2n) is 1.70. The second kappa shape index (κ2) is 7.00. The number of carboxylic acid groups (broad SMARTS) is 2. The average Bonchev–Trinajstić information content (AvgIpc) is 2.03. The lowest BCUT2D eigenvalue weighted by Gasteiger charge is -2.07. The summed E-state index contributed by atoms with van der Waals surface area (Å²) in [7, 11) is 0. The van der Waals surface area contributed by atoms with Gasteiger partial charge in [0.1, 0.15) is 0 Å². The summed E-state index contributed by atoms with van der Waals surface area (Å²) in [6.45, 7) is 0. The number of hydrogen-bond donors (Lipinski definition) is 5. The van der Waals surface area contributed by atoms with Gasteiger partial charge in [-0.25, -0.2) is 9.59 Å². The first kappa shape index (κ1) is 13.9. The fourth-order valence-corrected chi connectivity index (χ4v) is 0.270. The van der Waals surface area contributed by atoms with Crippen molar-refractivity contribution in [3.05, 3.63) is 0 Å². The largest absolute Gasteiger partial charge is 0.479 e. The molecule has 1 amide bonds. The first-order valence-corrected chi connectivity index (χ1v) is 2.85. The SMILES string of the molecule is NC=O.O=C(O)[C@H](O)[C@@H](O)C(=O)O. The van der Waals surface area contributed by atoms with E-state index < -0.39 is 24.1 Å². The Morgan fingerprint density at radius 3 is 1.31 bits per heavy atom. The number of carboxylic acids is 2. The summed E-state index contributed by atoms with van der Waals surface area (Å²) in [5.41, 5.74) is 4.17. The van der Waals surface area contributed by atoms with Crippen LogP contribution in [0.1, 0.15) is 0 Å². The summed E-state index contributed by atoms with van der Waals surface area (Å²) in [5.74, 6) is -3.54. The third-order valence-electron chi connectivity index (χ3n) is 0.805. The molecular formula is C5H9NO7. The molecule has 0 aliphatic rings. The molecular weight excluding hydrogens is 186 g/mol. The molecule has 0 aromatic heterocycles. The molecule has 6 N–H and O–H groups in total. The summed E-state index contributed by atoms with van der Waals surface area (Å²) in [6.07, 6.45) is -4.28. The maximum Gasteiger partial charge on any atom is 0.335 e. The number of amides is 1. The number of rotatable bonds is 3. The van der Waals surface area contributed by atoms with E-state index in [0.29, 0.717) is 0 Å². The number of nitrogens with two attached hydrogens (primary N) is 1. The quantitative estimate of drug-likeness (QED) is 0.299. The van der Waals surface area contributed by atoms with Gasteiger partial charge in [-0.3, -0.25) is 4.79 Å². The summed E-state index contributed by atoms with van der Waals surface area (Å²) in [4.78, 5) is 28.1. The third kappa shape index (κ3) is 6.72. The predicted octanol–water partition coefficient (Wildman–Crippen LogP) is -3.02. The van der Waals surface area contributed by atoms with Gasteiger partial charge in [-0.05, 0) is 0 Å². The smallest absolute Gasteiger partial charge is 0.335 e. The molecule has 0 aromatic carbocycles. The minimum Gasteiger partial charge on any atom is -0.479 e. The average molecular weight is 195 g/mol. The number of aliphatic carboxylic acids is 2. The molecule has 8 nitrogen and oxygen atoms in total. The summed E-state index contributed by atoms with van der Waals surface area (Å²) in [5, 5.41) is 32.5. The molecule has 2 atom stereocenters. The third-order valence-corrected chi connectivity index (χ3v) is 0.805. The number of hydrogen-bond acceptors (Lipinski definition) is 5. The minimum absolute atomic E-state index is 0.250. The zero-order valence-electron chi connectivity index (χ0n) is 6.32. The molecule has 0 radical (unpaired) electrons. The lowest BCUT2D eigenvalue weighted by molar-refractivity contribution is -0.165. The van der Waals surface area contributed by atoms with Crippen LogP contribution in [-0.4, -0.2) is 51.0 Å². The molecule has 0 unspecified atom stereocenters. The van der Waals surface area contributed by atoms with Crippen LogP contribution in [0.3, 0.4) is 0 Å². The van der Waals surface area contributed by atoms with Gasteiger partial charge in [0, 0.05) is 0 Å². The molecule has 0 bridgehead atoms. The fourth-order valence-electron chi connectivity index (χ4n) is 0.270. The number of carbonyl (C=O) groups excluding carboxylic acids is 1. The Labute approximate surface area is 72.2 Å². The Balaban J connectivity index is 0. The molecule has 13 heavy (non-hydrogen) atoms. The van der Waals surface area contributed by atoms with E-state index in [1.54, 1.807) is 0 Å². The van der Waals surface area contributed by atoms with E-state index in [2.05, 4.69) is 5.73 Å². The van der Waals surface area contributed by atoms with Gasteiger partial charge in [0.2, 0.25) is 6.41 Å². The molecule has 0 saturated carbocycles. The minimum atomic E-state index is -2.27. The normalized spacial score (nSPS) is 13.1. The van der Waals surface area contributed by atoms with Crippen LogP contribution in [-0.2, 0) is 14.4 Å². The first-order chi connectivity index (χ1) is 5.88. The maximum atomic E-state index is 9.77. The van der Waals surface area contributed by atoms with E-state index in [1.807, 2.05) is 0 Å². The standard InChI is InChI=1S/C4H6O6.CH3NO/c5-1(3(7)8)2(6)4(9)10;2-1-3/h1-2,5-6H,(H,7,8)(H,9,10);1H,(H2,2,3)/t1-,2-;/m1./s1. The van der Waals surface area contributed by atoms with E-state index in [0.717, 1.165) is 0 Å². The number of aliphatic hydroxyl groups is 2. The zero-order valence-corrected chi connectivity index (χ0v) is 6.32. The second-order valence-corrected chi connectivity index (χ2v) is 1.70. The topological polar surface area (TPSA) is 158 Å². The van der Waals surface area contributed by atoms with Crippen LogP contribution in [0.15, 0.2) is 0 Å². The van der Waals surface area contributed by atoms with Crippen molar-refractivity contribution in [3.8, 4) is 0 Å². The van der Waals surface area contributed by atoms with Gasteiger partial charge in [-0.15, -0.1) is 0 Å². The summed E-state index contributed by atoms with van der Waals surface area (Å²) in [6, 6.07) is 0. The Morgan fingerprint density at radius 2 is 1.23 bits per heavy atom. The van der Waals surface area contributed by atoms with Crippen LogP contribution in [0.2, 0.25) is 0 Å². The summed E-state index contributed by atoms with van der Waals surface area (Å²) >= 11 is 0. The van der Waals surface area contributed by atoms with E-state index in [1.165, 1.54) is 0 Å². The highest BCUT2D eigenvalue weighted by Gasteiger charge is 2.29. The van der Waals surface area contributed by atoms with Crippen LogP contribution in [0.4, 0.5) is 0 Å². The first-order valence-electron chi connectivity index (χ1n) is 2.85. The van der Waals surface area contributed by atoms with Crippen molar-refractivity contribution in [1.82, 2.24) is 0 Å². The van der Waals surface area contributed by atoms with Crippen LogP contribution in [0, 0.1) is 0 Å². The van der Waals surface area contributed by atoms with Crippen molar-refractivity contribution in [2.24, 2.45) is 5.73 Å². The van der Waals surface area contributed by atoms with E-state index in [4.69, 9.17) is 25.2 Å². The number of aliphatic hydroxyl groups excluding tert-OH is 2. The van der Waals surface area contributed by atoms with Gasteiger partial charge in [0.05, 0.1) is 0 Å². The van der Waals surface area contributed by atoms with Gasteiger partial charge in [0.15, 0.2) is 12.2 Å². The van der Waals surface area contributed by atoms with Gasteiger partial charge in [-0.1, -0.05) is 0 Å². The molecule has 8 heteroatoms. The van der Waals surface area contributed by atoms with Gasteiger partial charge in [-0.2, -0.15) is 0 Å². The van der Waals surface area contributed by atoms with Gasteiger partial charge < -0.3 is 26.2 Å². The van der Waals surface area contributed by atoms with Crippen molar-refractivity contribution in [3.63, 3.8) is 0 Å². The van der Waals surface area contributed by atoms with E-state index in [9.17, 15) is 9.59 Å². The highest BCUT2D eigenvalue weighted by molar-refractivity contribution is 5.83. The molecule has 76 valence electrons. The number of primary amides is 1. The van der Waals surface area contributed by atoms with Crippen molar-refractivity contribution >= 4 is 18.3 Å². The van der Waals surface area contributed by atoms with Crippen LogP contribution >= 0.6 is 0 Å². The van der Waals surface area contributed by atoms with Gasteiger partial charge in [0.25, 0.3) is 0 Å². The monoisotopic (exact) mass is 195 g/mol. The van der Waals surface area contributed by atoms with Crippen molar-refractivity contribution < 1.29 is 34.8 Å². The zero-order chi connectivity index (χ0) is 11.0. The van der Waals surface area contributed by atoms with Crippen LogP contribution in [0.25, 0.3) is 0 Å². The molecule has 0 heterocycles. The number of carbonyl (C=O) groups is 3. The molecule has 0 rings (SSSR count). The predicted molar refractivity (Wildman–Crippen MR) is 37.5 cm³/mol. The van der Waals surface area contributed by atoms with Crippen molar-refractivity contribution in [2.45, 2.75) is 12.2 Å². The molecule has 0 aliphatic carbocycles. The van der Waals surface area contributed by atoms with Crippen molar-refractivity contribution in [2.75, 3.05) is 0 Å². The molecule has 0 saturated heterocycles. The lowest BCUT2D eigenvalue weighted by atomic mass is 10.2. The Morgan fingerprint density at radius 1 is 1.08 bits per heavy atom. The van der Waals surface area contributed by atoms with E-state index in [-0.39, 0.29) is 6.41 Å². The molecule has 0 spiro atoms. The Bertz CT molecular complexity index is 173. The highest BCUT2D eigenvalue weighted by Crippen LogP contribution is 1.92. The van der Waals surface area contributed by atoms with Crippen LogP contribution in [0.5, 0.6) is 0 Å². The van der Waals surface area contributed by atoms with E-state index >= 15 is 0 Å². The highest BCUT2D eigenvalue weighted by atomic mass is 16.4. The fraction of sp³-hybridized carbons (Fsp3) is 0.400. The molecule has 0 aliphatic heterocycles. The molecule has 0 fully saturated rings. The van der Waals surface area contributed by atoms with Gasteiger partial charge >= 0.3 is 11.9 Å². The lowest BCUT2D eigenvalue weighted by Crippen LogP contribution is -2.39. The van der Waals surface area contributed by atoms with Crippen molar-refractivity contribution in [1.29, 1.82) is 0 Å². The van der Waals surface area contributed by atoms with Crippen LogP contribution < -0.4 is 5.73 Å². The Kier molecular flexibility index (Phi) is 7.48.